The van der Waals surface area contributed by atoms with Gasteiger partial charge in [0.15, 0.2) is 6.61 Å². The van der Waals surface area contributed by atoms with E-state index in [4.69, 9.17) is 9.47 Å². The van der Waals surface area contributed by atoms with E-state index in [0.717, 1.165) is 5.56 Å². The Morgan fingerprint density at radius 1 is 1.16 bits per heavy atom. The van der Waals surface area contributed by atoms with E-state index < -0.39 is 5.41 Å². The van der Waals surface area contributed by atoms with E-state index in [2.05, 4.69) is 26.0 Å². The van der Waals surface area contributed by atoms with Gasteiger partial charge in [0.1, 0.15) is 17.3 Å². The molecule has 12 nitrogen and oxygen atoms in total. The van der Waals surface area contributed by atoms with Crippen molar-refractivity contribution in [2.24, 2.45) is 12.5 Å². The minimum atomic E-state index is -1.03. The Labute approximate surface area is 249 Å². The third kappa shape index (κ3) is 7.03. The number of rotatable bonds is 7. The van der Waals surface area contributed by atoms with Gasteiger partial charge < -0.3 is 30.0 Å². The summed E-state index contributed by atoms with van der Waals surface area (Å²) < 4.78 is 14.6. The summed E-state index contributed by atoms with van der Waals surface area (Å²) >= 11 is 0. The fourth-order valence-electron chi connectivity index (χ4n) is 5.43. The highest BCUT2D eigenvalue weighted by Crippen LogP contribution is 2.31. The van der Waals surface area contributed by atoms with Crippen LogP contribution in [-0.2, 0) is 40.9 Å². The maximum absolute atomic E-state index is 14.2. The third-order valence-electron chi connectivity index (χ3n) is 7.72. The summed E-state index contributed by atoms with van der Waals surface area (Å²) in [6, 6.07) is 14.7. The molecule has 0 saturated carbocycles. The van der Waals surface area contributed by atoms with Crippen molar-refractivity contribution in [1.29, 1.82) is 0 Å². The maximum atomic E-state index is 14.2. The smallest absolute Gasteiger partial charge is 0.270 e. The Bertz CT molecular complexity index is 1600. The molecule has 226 valence electrons. The molecule has 2 bridgehead atoms. The molecule has 3 amide bonds. The number of carbonyl (C=O) groups is 3. The van der Waals surface area contributed by atoms with Crippen molar-refractivity contribution in [3.63, 3.8) is 0 Å². The van der Waals surface area contributed by atoms with E-state index in [-0.39, 0.29) is 50.5 Å². The van der Waals surface area contributed by atoms with E-state index in [1.165, 1.54) is 0 Å². The molecule has 0 radical (unpaired) electrons. The lowest BCUT2D eigenvalue weighted by atomic mass is 9.76. The van der Waals surface area contributed by atoms with E-state index in [1.54, 1.807) is 24.1 Å². The van der Waals surface area contributed by atoms with Gasteiger partial charge in [-0.2, -0.15) is 5.10 Å². The van der Waals surface area contributed by atoms with Gasteiger partial charge in [0.05, 0.1) is 24.0 Å². The number of nitrogens with one attached hydrogen (secondary N) is 3. The van der Waals surface area contributed by atoms with E-state index >= 15 is 0 Å². The molecule has 3 N–H and O–H groups in total. The van der Waals surface area contributed by atoms with Crippen LogP contribution in [0.1, 0.15) is 34.7 Å². The number of imidazole rings is 1. The van der Waals surface area contributed by atoms with Crippen molar-refractivity contribution in [2.75, 3.05) is 33.4 Å². The fraction of sp³-hybridized carbons (Fsp3) is 0.387. The molecule has 0 spiro atoms. The second-order valence-electron chi connectivity index (χ2n) is 10.7. The molecule has 0 saturated heterocycles. The zero-order valence-corrected chi connectivity index (χ0v) is 24.5. The molecule has 3 heterocycles. The van der Waals surface area contributed by atoms with Crippen LogP contribution in [0.2, 0.25) is 0 Å². The number of aromatic nitrogens is 4. The van der Waals surface area contributed by atoms with Crippen molar-refractivity contribution in [3.8, 4) is 5.75 Å². The molecule has 43 heavy (non-hydrogen) atoms. The van der Waals surface area contributed by atoms with Gasteiger partial charge in [-0.15, -0.1) is 0 Å². The number of hydrogen-bond acceptors (Lipinski definition) is 7. The predicted octanol–water partition coefficient (Wildman–Crippen LogP) is 1.98. The minimum absolute atomic E-state index is 0.0727. The van der Waals surface area contributed by atoms with E-state index in [9.17, 15) is 14.4 Å². The summed E-state index contributed by atoms with van der Waals surface area (Å²) in [7, 11) is 3.49. The molecule has 0 aliphatic carbocycles. The Hall–Kier alpha value is -4.71. The Morgan fingerprint density at radius 3 is 2.84 bits per heavy atom. The molecule has 2 aromatic heterocycles. The summed E-state index contributed by atoms with van der Waals surface area (Å²) in [5, 5.41) is 14.3. The highest BCUT2D eigenvalue weighted by Gasteiger charge is 2.39. The van der Waals surface area contributed by atoms with Gasteiger partial charge in [-0.25, -0.2) is 4.98 Å². The first kappa shape index (κ1) is 29.8. The van der Waals surface area contributed by atoms with Crippen molar-refractivity contribution in [1.82, 2.24) is 35.3 Å². The van der Waals surface area contributed by atoms with Crippen LogP contribution < -0.4 is 20.7 Å². The summed E-state index contributed by atoms with van der Waals surface area (Å²) in [6.07, 6.45) is 4.86. The standard InChI is InChI=1S/C31H37N7O5/c1-37-14-12-32-26(37)19-34-30(41)31(11-6-16-42-2)18-22-7-5-8-23(17-22)43-20-27(39)33-13-15-38-28(29(40)35-21-31)24-9-3-4-10-25(24)36-38/h3-5,7-10,12,14,17H,6,11,13,15-16,18-21H2,1-2H3,(H,33,39)(H,34,41)(H,35,40). The number of hydrogen-bond donors (Lipinski definition) is 3. The molecule has 0 fully saturated rings. The summed E-state index contributed by atoms with van der Waals surface area (Å²) in [5.74, 6) is 0.377. The Kier molecular flexibility index (Phi) is 9.35. The van der Waals surface area contributed by atoms with Crippen LogP contribution in [0.25, 0.3) is 10.9 Å². The quantitative estimate of drug-likeness (QED) is 0.281. The average Bonchev–Trinajstić information content (AvgIpc) is 3.59. The van der Waals surface area contributed by atoms with Crippen LogP contribution in [0, 0.1) is 5.41 Å². The first-order valence-electron chi connectivity index (χ1n) is 14.3. The second kappa shape index (κ2) is 13.5. The van der Waals surface area contributed by atoms with Gasteiger partial charge in [0.25, 0.3) is 11.8 Å². The number of benzene rings is 2. The highest BCUT2D eigenvalue weighted by molar-refractivity contribution is 6.05. The lowest BCUT2D eigenvalue weighted by molar-refractivity contribution is -0.131. The summed E-state index contributed by atoms with van der Waals surface area (Å²) in [6.45, 7) is 1.13. The van der Waals surface area contributed by atoms with E-state index in [0.29, 0.717) is 54.0 Å². The number of carbonyl (C=O) groups excluding carboxylic acids is 3. The van der Waals surface area contributed by atoms with Gasteiger partial charge in [-0.05, 0) is 43.0 Å². The Morgan fingerprint density at radius 2 is 2.02 bits per heavy atom. The molecular formula is C31H37N7O5. The fourth-order valence-corrected chi connectivity index (χ4v) is 5.43. The molecule has 1 atom stereocenters. The van der Waals surface area contributed by atoms with Crippen molar-refractivity contribution in [2.45, 2.75) is 32.4 Å². The van der Waals surface area contributed by atoms with Gasteiger partial charge >= 0.3 is 0 Å². The SMILES string of the molecule is COCCCC1(C(=O)NCc2nccn2C)CNC(=O)c2c3ccccc3nn2CCNC(=O)COc2cccc(c2)C1. The normalized spacial score (nSPS) is 17.9. The topological polar surface area (TPSA) is 141 Å². The molecule has 4 aromatic rings. The molecule has 5 rings (SSSR count). The van der Waals surface area contributed by atoms with Crippen LogP contribution in [0.5, 0.6) is 5.75 Å². The number of nitrogens with zero attached hydrogens (tertiary/aromatic N) is 4. The highest BCUT2D eigenvalue weighted by atomic mass is 16.5. The van der Waals surface area contributed by atoms with Gasteiger partial charge in [-0.3, -0.25) is 19.1 Å². The first-order valence-corrected chi connectivity index (χ1v) is 14.3. The summed E-state index contributed by atoms with van der Waals surface area (Å²) in [4.78, 5) is 44.9. The van der Waals surface area contributed by atoms with Crippen LogP contribution in [-0.4, -0.2) is 70.5 Å². The molecular weight excluding hydrogens is 550 g/mol. The minimum Gasteiger partial charge on any atom is -0.484 e. The maximum Gasteiger partial charge on any atom is 0.270 e. The van der Waals surface area contributed by atoms with Crippen LogP contribution in [0.15, 0.2) is 60.9 Å². The first-order chi connectivity index (χ1) is 20.9. The van der Waals surface area contributed by atoms with Crippen LogP contribution in [0.4, 0.5) is 0 Å². The average molecular weight is 588 g/mol. The van der Waals surface area contributed by atoms with Crippen molar-refractivity contribution >= 4 is 28.6 Å². The number of fused-ring (bicyclic) bond motifs is 5. The van der Waals surface area contributed by atoms with Crippen molar-refractivity contribution in [3.05, 3.63) is 78.0 Å². The largest absolute Gasteiger partial charge is 0.484 e. The molecule has 1 unspecified atom stereocenters. The van der Waals surface area contributed by atoms with Gasteiger partial charge in [0, 0.05) is 51.6 Å². The van der Waals surface area contributed by atoms with Gasteiger partial charge in [0.2, 0.25) is 5.91 Å². The predicted molar refractivity (Wildman–Crippen MR) is 159 cm³/mol. The molecule has 1 aliphatic heterocycles. The number of amides is 3. The number of aryl methyl sites for hydroxylation is 1. The number of methoxy groups -OCH3 is 1. The molecule has 2 aromatic carbocycles. The summed E-state index contributed by atoms with van der Waals surface area (Å²) in [5.41, 5.74) is 0.830. The second-order valence-corrected chi connectivity index (χ2v) is 10.7. The van der Waals surface area contributed by atoms with Crippen LogP contribution in [0.3, 0.4) is 0 Å². The molecule has 12 heteroatoms. The zero-order valence-electron chi connectivity index (χ0n) is 24.5. The monoisotopic (exact) mass is 587 g/mol. The number of ether oxygens (including phenoxy) is 2. The van der Waals surface area contributed by atoms with Crippen LogP contribution >= 0.6 is 0 Å². The van der Waals surface area contributed by atoms with Gasteiger partial charge in [-0.1, -0.05) is 30.3 Å². The van der Waals surface area contributed by atoms with E-state index in [1.807, 2.05) is 60.3 Å². The Balaban J connectivity index is 1.53. The molecule has 1 aliphatic rings. The zero-order chi connectivity index (χ0) is 30.2. The van der Waals surface area contributed by atoms with Crippen molar-refractivity contribution < 1.29 is 23.9 Å². The third-order valence-corrected chi connectivity index (χ3v) is 7.72. The lowest BCUT2D eigenvalue weighted by Gasteiger charge is -2.33. The lowest BCUT2D eigenvalue weighted by Crippen LogP contribution is -2.50.